The topological polar surface area (TPSA) is 88.0 Å². The van der Waals surface area contributed by atoms with E-state index in [0.717, 1.165) is 12.8 Å². The van der Waals surface area contributed by atoms with Crippen LogP contribution >= 0.6 is 0 Å². The first-order valence-corrected chi connectivity index (χ1v) is 14.1. The summed E-state index contributed by atoms with van der Waals surface area (Å²) in [5.74, 6) is 2.99. The van der Waals surface area contributed by atoms with Gasteiger partial charge in [0.15, 0.2) is 12.6 Å². The Morgan fingerprint density at radius 2 is 1.20 bits per heavy atom. The molecule has 1 N–H and O–H groups in total. The average Bonchev–Trinajstić information content (AvgIpc) is 3.22. The summed E-state index contributed by atoms with van der Waals surface area (Å²) in [5.41, 5.74) is -0.148. The molecule has 16 atom stereocenters. The van der Waals surface area contributed by atoms with Gasteiger partial charge in [-0.05, 0) is 62.2 Å². The number of ether oxygens (including phenoxy) is 6. The number of rotatable bonds is 5. The van der Waals surface area contributed by atoms with Crippen molar-refractivity contribution in [3.8, 4) is 0 Å². The van der Waals surface area contributed by atoms with Crippen molar-refractivity contribution in [3.63, 3.8) is 0 Å². The maximum atomic E-state index is 10.3. The second kappa shape index (κ2) is 12.1. The van der Waals surface area contributed by atoms with Crippen LogP contribution in [0.1, 0.15) is 90.5 Å². The second-order valence-corrected chi connectivity index (χ2v) is 12.9. The molecule has 6 unspecified atom stereocenters. The highest BCUT2D eigenvalue weighted by Crippen LogP contribution is 2.65. The van der Waals surface area contributed by atoms with Crippen molar-refractivity contribution in [2.24, 2.45) is 52.5 Å². The van der Waals surface area contributed by atoms with Crippen LogP contribution in [-0.4, -0.2) is 73.3 Å². The van der Waals surface area contributed by atoms with Crippen LogP contribution in [0.2, 0.25) is 0 Å². The van der Waals surface area contributed by atoms with Gasteiger partial charge in [0, 0.05) is 32.5 Å². The summed E-state index contributed by atoms with van der Waals surface area (Å²) < 4.78 is 37.9. The predicted octanol–water partition coefficient (Wildman–Crippen LogP) is 6.63. The lowest BCUT2D eigenvalue weighted by Crippen LogP contribution is -2.72. The zero-order chi connectivity index (χ0) is 25.7. The molecule has 236 valence electrons. The quantitative estimate of drug-likeness (QED) is 0.225. The summed E-state index contributed by atoms with van der Waals surface area (Å²) >= 11 is 0. The fraction of sp³-hybridized carbons (Fsp3) is 0.969. The van der Waals surface area contributed by atoms with Crippen molar-refractivity contribution in [1.82, 2.24) is 0 Å². The van der Waals surface area contributed by atoms with Gasteiger partial charge in [-0.1, -0.05) is 62.6 Å². The zero-order valence-electron chi connectivity index (χ0n) is 23.0. The SMILES string of the molecule is C.C.C.C.CO[C@H]1O[C@H](/C(C[C@H]2O[C@H](OC)[C@@]34OC(C)C3C(C)C[C@H]4[C@H]2C)=N\O)[C@H](C)[C@@H]2CC(C)C3C(C)O[C@@]312. The third-order valence-corrected chi connectivity index (χ3v) is 11.4. The van der Waals surface area contributed by atoms with Crippen LogP contribution in [0.15, 0.2) is 5.16 Å². The summed E-state index contributed by atoms with van der Waals surface area (Å²) in [6.07, 6.45) is 1.69. The fourth-order valence-corrected chi connectivity index (χ4v) is 10.2. The third-order valence-electron chi connectivity index (χ3n) is 11.4. The highest BCUT2D eigenvalue weighted by atomic mass is 16.7. The first kappa shape index (κ1) is 35.4. The van der Waals surface area contributed by atoms with E-state index in [-0.39, 0.29) is 77.5 Å². The summed E-state index contributed by atoms with van der Waals surface area (Å²) in [6, 6.07) is 0. The average molecular weight is 572 g/mol. The van der Waals surface area contributed by atoms with Gasteiger partial charge in [0.05, 0.1) is 24.0 Å². The molecule has 6 rings (SSSR count). The second-order valence-electron chi connectivity index (χ2n) is 12.9. The van der Waals surface area contributed by atoms with E-state index in [0.29, 0.717) is 41.7 Å². The van der Waals surface area contributed by atoms with Crippen molar-refractivity contribution in [2.75, 3.05) is 14.2 Å². The predicted molar refractivity (Wildman–Crippen MR) is 159 cm³/mol. The van der Waals surface area contributed by atoms with Gasteiger partial charge in [0.2, 0.25) is 0 Å². The van der Waals surface area contributed by atoms with Gasteiger partial charge >= 0.3 is 0 Å². The first-order chi connectivity index (χ1) is 17.1. The lowest BCUT2D eigenvalue weighted by molar-refractivity contribution is -0.393. The molecule has 4 saturated heterocycles. The molecule has 0 aromatic heterocycles. The van der Waals surface area contributed by atoms with E-state index in [4.69, 9.17) is 28.4 Å². The molecule has 0 aromatic rings. The van der Waals surface area contributed by atoms with Gasteiger partial charge in [-0.25, -0.2) is 0 Å². The molecule has 0 aromatic carbocycles. The maximum Gasteiger partial charge on any atom is 0.187 e. The normalized spacial score (nSPS) is 53.9. The standard InChI is InChI=1S/C28H45NO7.4CH4/c1-12-9-18-14(3)21(33-25(31-7)27(18)22(12)16(5)35-27)11-20(29-30)24-15(4)19-10-13(2)23-17(6)36-28(19,23)26(32-8)34-24;;;;/h12-19,21-26,30H,9-11H2,1-8H3;4*1H4/b29-20-;;;;/t12?,13?,14-,15-,16?,17?,18+,19+,21-,22?,23?,24+,25+,26+,27+,28+;;;;/m1..../s1. The van der Waals surface area contributed by atoms with E-state index in [1.54, 1.807) is 14.2 Å². The van der Waals surface area contributed by atoms with E-state index in [2.05, 4.69) is 46.7 Å². The Morgan fingerprint density at radius 1 is 0.750 bits per heavy atom. The Bertz CT molecular complexity index is 900. The molecule has 2 saturated carbocycles. The molecule has 6 aliphatic rings. The Hall–Kier alpha value is -0.770. The Balaban J connectivity index is 0.00000140. The van der Waals surface area contributed by atoms with Crippen molar-refractivity contribution in [2.45, 2.75) is 139 Å². The van der Waals surface area contributed by atoms with Crippen molar-refractivity contribution >= 4 is 5.71 Å². The van der Waals surface area contributed by atoms with E-state index in [1.807, 2.05) is 0 Å². The van der Waals surface area contributed by atoms with Crippen LogP contribution in [0.4, 0.5) is 0 Å². The van der Waals surface area contributed by atoms with Crippen LogP contribution in [0.5, 0.6) is 0 Å². The van der Waals surface area contributed by atoms with Gasteiger partial charge in [-0.2, -0.15) is 0 Å². The minimum absolute atomic E-state index is 0. The molecule has 2 spiro atoms. The van der Waals surface area contributed by atoms with Crippen LogP contribution in [-0.2, 0) is 28.4 Å². The molecule has 0 bridgehead atoms. The van der Waals surface area contributed by atoms with E-state index >= 15 is 0 Å². The molecule has 4 aliphatic heterocycles. The number of hydrogen-bond acceptors (Lipinski definition) is 8. The van der Waals surface area contributed by atoms with Crippen molar-refractivity contribution in [3.05, 3.63) is 0 Å². The molecule has 4 heterocycles. The van der Waals surface area contributed by atoms with Crippen molar-refractivity contribution in [1.29, 1.82) is 0 Å². The highest BCUT2D eigenvalue weighted by Gasteiger charge is 2.74. The largest absolute Gasteiger partial charge is 0.411 e. The number of hydrogen-bond donors (Lipinski definition) is 1. The van der Waals surface area contributed by atoms with Crippen LogP contribution in [0, 0.1) is 47.3 Å². The molecule has 6 fully saturated rings. The lowest BCUT2D eigenvalue weighted by atomic mass is 9.65. The molecular weight excluding hydrogens is 510 g/mol. The number of oxime groups is 1. The molecule has 8 nitrogen and oxygen atoms in total. The zero-order valence-corrected chi connectivity index (χ0v) is 23.0. The van der Waals surface area contributed by atoms with Crippen LogP contribution in [0.25, 0.3) is 0 Å². The Kier molecular flexibility index (Phi) is 10.7. The summed E-state index contributed by atoms with van der Waals surface area (Å²) in [4.78, 5) is 0. The number of methoxy groups -OCH3 is 2. The van der Waals surface area contributed by atoms with E-state index in [9.17, 15) is 5.21 Å². The van der Waals surface area contributed by atoms with E-state index in [1.165, 1.54) is 0 Å². The minimum atomic E-state index is -0.479. The third kappa shape index (κ3) is 4.25. The fourth-order valence-electron chi connectivity index (χ4n) is 10.2. The molecule has 40 heavy (non-hydrogen) atoms. The van der Waals surface area contributed by atoms with Gasteiger partial charge in [0.25, 0.3) is 0 Å². The van der Waals surface area contributed by atoms with Crippen LogP contribution < -0.4 is 0 Å². The van der Waals surface area contributed by atoms with Gasteiger partial charge in [-0.15, -0.1) is 0 Å². The lowest BCUT2D eigenvalue weighted by Gasteiger charge is -2.61. The maximum absolute atomic E-state index is 10.3. The van der Waals surface area contributed by atoms with Gasteiger partial charge in [0.1, 0.15) is 17.3 Å². The highest BCUT2D eigenvalue weighted by molar-refractivity contribution is 5.89. The Labute approximate surface area is 244 Å². The summed E-state index contributed by atoms with van der Waals surface area (Å²) in [7, 11) is 3.40. The van der Waals surface area contributed by atoms with E-state index < -0.39 is 18.2 Å². The van der Waals surface area contributed by atoms with Gasteiger partial charge < -0.3 is 33.6 Å². The molecule has 0 amide bonds. The summed E-state index contributed by atoms with van der Waals surface area (Å²) in [5, 5.41) is 14.1. The van der Waals surface area contributed by atoms with Crippen LogP contribution in [0.3, 0.4) is 0 Å². The summed E-state index contributed by atoms with van der Waals surface area (Å²) in [6.45, 7) is 13.4. The molecule has 0 radical (unpaired) electrons. The Morgan fingerprint density at radius 3 is 1.62 bits per heavy atom. The molecular formula is C32H61NO7. The minimum Gasteiger partial charge on any atom is -0.411 e. The molecule has 2 aliphatic carbocycles. The monoisotopic (exact) mass is 571 g/mol. The smallest absolute Gasteiger partial charge is 0.187 e. The molecule has 8 heteroatoms. The first-order valence-electron chi connectivity index (χ1n) is 14.1. The number of nitrogens with zero attached hydrogens (tertiary/aromatic N) is 1. The van der Waals surface area contributed by atoms with Crippen molar-refractivity contribution < 1.29 is 33.6 Å². The van der Waals surface area contributed by atoms with Gasteiger partial charge in [-0.3, -0.25) is 0 Å².